The highest BCUT2D eigenvalue weighted by atomic mass is 32.1. The summed E-state index contributed by atoms with van der Waals surface area (Å²) in [7, 11) is 0. The first-order valence-electron chi connectivity index (χ1n) is 5.76. The second kappa shape index (κ2) is 5.42. The minimum atomic E-state index is -4.19. The maximum Gasteiger partial charge on any atom is 0.412 e. The zero-order valence-corrected chi connectivity index (χ0v) is 10.6. The van der Waals surface area contributed by atoms with Crippen LogP contribution >= 0.6 is 11.3 Å². The molecule has 6 heteroatoms. The average Bonchev–Trinajstić information content (AvgIpc) is 2.83. The SMILES string of the molecule is NCC(c1cccs1)N1CC=C(C(F)(F)F)CC1. The molecule has 0 saturated heterocycles. The van der Waals surface area contributed by atoms with Gasteiger partial charge in [0.25, 0.3) is 0 Å². The summed E-state index contributed by atoms with van der Waals surface area (Å²) in [6.07, 6.45) is -2.86. The van der Waals surface area contributed by atoms with Gasteiger partial charge in [-0.3, -0.25) is 4.90 Å². The maximum absolute atomic E-state index is 12.5. The van der Waals surface area contributed by atoms with E-state index in [4.69, 9.17) is 5.73 Å². The molecule has 1 atom stereocenters. The predicted octanol–water partition coefficient (Wildman–Crippen LogP) is 2.94. The Hall–Kier alpha value is -0.850. The number of halogens is 3. The Morgan fingerprint density at radius 2 is 2.22 bits per heavy atom. The summed E-state index contributed by atoms with van der Waals surface area (Å²) in [6, 6.07) is 3.94. The Labute approximate surface area is 108 Å². The lowest BCUT2D eigenvalue weighted by Gasteiger charge is -2.33. The molecule has 1 unspecified atom stereocenters. The zero-order chi connectivity index (χ0) is 13.2. The molecular formula is C12H15F3N2S. The molecule has 2 heterocycles. The Balaban J connectivity index is 2.07. The zero-order valence-electron chi connectivity index (χ0n) is 9.78. The Morgan fingerprint density at radius 1 is 1.44 bits per heavy atom. The van der Waals surface area contributed by atoms with Crippen LogP contribution in [0.25, 0.3) is 0 Å². The molecule has 1 aromatic heterocycles. The Kier molecular flexibility index (Phi) is 4.09. The van der Waals surface area contributed by atoms with E-state index >= 15 is 0 Å². The Bertz CT molecular complexity index is 411. The quantitative estimate of drug-likeness (QED) is 0.860. The summed E-state index contributed by atoms with van der Waals surface area (Å²) < 4.78 is 37.5. The summed E-state index contributed by atoms with van der Waals surface area (Å²) >= 11 is 1.59. The van der Waals surface area contributed by atoms with Gasteiger partial charge in [0.05, 0.1) is 6.04 Å². The van der Waals surface area contributed by atoms with Crippen molar-refractivity contribution in [2.75, 3.05) is 19.6 Å². The number of thiophene rings is 1. The van der Waals surface area contributed by atoms with Gasteiger partial charge in [-0.15, -0.1) is 11.3 Å². The first-order chi connectivity index (χ1) is 8.52. The third kappa shape index (κ3) is 2.93. The largest absolute Gasteiger partial charge is 0.412 e. The van der Waals surface area contributed by atoms with Crippen LogP contribution in [0.1, 0.15) is 17.3 Å². The maximum atomic E-state index is 12.5. The molecule has 0 spiro atoms. The molecule has 100 valence electrons. The van der Waals surface area contributed by atoms with E-state index in [-0.39, 0.29) is 12.5 Å². The number of rotatable bonds is 3. The normalized spacial score (nSPS) is 19.7. The van der Waals surface area contributed by atoms with Gasteiger partial charge in [0.1, 0.15) is 0 Å². The monoisotopic (exact) mass is 276 g/mol. The number of hydrogen-bond donors (Lipinski definition) is 1. The summed E-state index contributed by atoms with van der Waals surface area (Å²) in [6.45, 7) is 1.15. The van der Waals surface area contributed by atoms with Gasteiger partial charge in [0.2, 0.25) is 0 Å². The van der Waals surface area contributed by atoms with Crippen molar-refractivity contribution >= 4 is 11.3 Å². The van der Waals surface area contributed by atoms with Gasteiger partial charge in [-0.2, -0.15) is 13.2 Å². The van der Waals surface area contributed by atoms with Crippen molar-refractivity contribution in [3.05, 3.63) is 34.0 Å². The average molecular weight is 276 g/mol. The van der Waals surface area contributed by atoms with Gasteiger partial charge in [0, 0.05) is 30.1 Å². The van der Waals surface area contributed by atoms with E-state index in [0.717, 1.165) is 4.88 Å². The van der Waals surface area contributed by atoms with Crippen LogP contribution in [0.15, 0.2) is 29.2 Å². The molecule has 2 N–H and O–H groups in total. The molecule has 2 rings (SSSR count). The molecule has 0 aliphatic carbocycles. The molecule has 1 aromatic rings. The van der Waals surface area contributed by atoms with Crippen LogP contribution in [0.5, 0.6) is 0 Å². The summed E-state index contributed by atoms with van der Waals surface area (Å²) in [5.41, 5.74) is 5.32. The smallest absolute Gasteiger partial charge is 0.329 e. The first kappa shape index (κ1) is 13.6. The van der Waals surface area contributed by atoms with E-state index in [2.05, 4.69) is 0 Å². The van der Waals surface area contributed by atoms with Gasteiger partial charge in [0.15, 0.2) is 0 Å². The van der Waals surface area contributed by atoms with Gasteiger partial charge in [-0.05, 0) is 17.9 Å². The minimum Gasteiger partial charge on any atom is -0.329 e. The highest BCUT2D eigenvalue weighted by Crippen LogP contribution is 2.33. The lowest BCUT2D eigenvalue weighted by atomic mass is 10.1. The number of hydrogen-bond acceptors (Lipinski definition) is 3. The fourth-order valence-corrected chi connectivity index (χ4v) is 3.03. The van der Waals surface area contributed by atoms with Gasteiger partial charge in [-0.1, -0.05) is 12.1 Å². The van der Waals surface area contributed by atoms with E-state index < -0.39 is 11.7 Å². The minimum absolute atomic E-state index is 0.0241. The third-order valence-corrected chi connectivity index (χ3v) is 4.11. The molecule has 1 aliphatic heterocycles. The molecule has 18 heavy (non-hydrogen) atoms. The van der Waals surface area contributed by atoms with Crippen LogP contribution in [-0.4, -0.2) is 30.7 Å². The molecule has 0 amide bonds. The van der Waals surface area contributed by atoms with Crippen LogP contribution in [0.4, 0.5) is 13.2 Å². The van der Waals surface area contributed by atoms with E-state index in [1.54, 1.807) is 11.3 Å². The summed E-state index contributed by atoms with van der Waals surface area (Å²) in [4.78, 5) is 3.11. The van der Waals surface area contributed by atoms with Gasteiger partial charge < -0.3 is 5.73 Å². The van der Waals surface area contributed by atoms with Crippen LogP contribution in [0.2, 0.25) is 0 Å². The number of nitrogens with zero attached hydrogens (tertiary/aromatic N) is 1. The predicted molar refractivity (Wildman–Crippen MR) is 66.4 cm³/mol. The van der Waals surface area contributed by atoms with Gasteiger partial charge in [-0.25, -0.2) is 0 Å². The second-order valence-electron chi connectivity index (χ2n) is 4.24. The van der Waals surface area contributed by atoms with Crippen LogP contribution in [0, 0.1) is 0 Å². The molecule has 0 radical (unpaired) electrons. The molecule has 0 fully saturated rings. The number of nitrogens with two attached hydrogens (primary N) is 1. The first-order valence-corrected chi connectivity index (χ1v) is 6.64. The fourth-order valence-electron chi connectivity index (χ4n) is 2.15. The Morgan fingerprint density at radius 3 is 2.67 bits per heavy atom. The van der Waals surface area contributed by atoms with E-state index in [1.807, 2.05) is 22.4 Å². The van der Waals surface area contributed by atoms with Crippen molar-refractivity contribution in [2.45, 2.75) is 18.6 Å². The molecule has 0 aromatic carbocycles. The van der Waals surface area contributed by atoms with E-state index in [0.29, 0.717) is 19.6 Å². The molecular weight excluding hydrogens is 261 g/mol. The molecule has 1 aliphatic rings. The lowest BCUT2D eigenvalue weighted by molar-refractivity contribution is -0.0963. The van der Waals surface area contributed by atoms with Gasteiger partial charge >= 0.3 is 6.18 Å². The summed E-state index contributed by atoms with van der Waals surface area (Å²) in [5.74, 6) is 0. The van der Waals surface area contributed by atoms with Crippen molar-refractivity contribution in [2.24, 2.45) is 5.73 Å². The lowest BCUT2D eigenvalue weighted by Crippen LogP contribution is -2.38. The highest BCUT2D eigenvalue weighted by molar-refractivity contribution is 7.10. The van der Waals surface area contributed by atoms with Crippen molar-refractivity contribution in [3.63, 3.8) is 0 Å². The van der Waals surface area contributed by atoms with Crippen molar-refractivity contribution in [1.29, 1.82) is 0 Å². The molecule has 2 nitrogen and oxygen atoms in total. The van der Waals surface area contributed by atoms with Crippen LogP contribution < -0.4 is 5.73 Å². The van der Waals surface area contributed by atoms with E-state index in [1.165, 1.54) is 6.08 Å². The van der Waals surface area contributed by atoms with Crippen molar-refractivity contribution < 1.29 is 13.2 Å². The second-order valence-corrected chi connectivity index (χ2v) is 5.22. The highest BCUT2D eigenvalue weighted by Gasteiger charge is 2.35. The fraction of sp³-hybridized carbons (Fsp3) is 0.500. The van der Waals surface area contributed by atoms with Crippen LogP contribution in [0.3, 0.4) is 0 Å². The standard InChI is InChI=1S/C12H15F3N2S/c13-12(14,15)9-3-5-17(6-4-9)10(8-16)11-2-1-7-18-11/h1-3,7,10H,4-6,8,16H2. The third-order valence-electron chi connectivity index (χ3n) is 3.14. The molecule has 0 saturated carbocycles. The van der Waals surface area contributed by atoms with Crippen LogP contribution in [-0.2, 0) is 0 Å². The topological polar surface area (TPSA) is 29.3 Å². The van der Waals surface area contributed by atoms with Crippen molar-refractivity contribution in [1.82, 2.24) is 4.90 Å². The van der Waals surface area contributed by atoms with E-state index in [9.17, 15) is 13.2 Å². The van der Waals surface area contributed by atoms with Crippen molar-refractivity contribution in [3.8, 4) is 0 Å². The summed E-state index contributed by atoms with van der Waals surface area (Å²) in [5, 5.41) is 1.96. The number of alkyl halides is 3. The molecule has 0 bridgehead atoms.